The van der Waals surface area contributed by atoms with Gasteiger partial charge in [-0.2, -0.15) is 5.10 Å². The van der Waals surface area contributed by atoms with Crippen molar-refractivity contribution in [1.29, 1.82) is 0 Å². The molecule has 2 heterocycles. The Balaban J connectivity index is 2.10. The molecule has 114 valence electrons. The van der Waals surface area contributed by atoms with E-state index in [2.05, 4.69) is 15.3 Å². The van der Waals surface area contributed by atoms with E-state index in [1.54, 1.807) is 13.8 Å². The number of nitrogens with zero attached hydrogens (tertiary/aromatic N) is 3. The predicted octanol–water partition coefficient (Wildman–Crippen LogP) is 0.426. The van der Waals surface area contributed by atoms with Crippen LogP contribution in [0.4, 0.5) is 5.82 Å². The van der Waals surface area contributed by atoms with Crippen molar-refractivity contribution in [2.24, 2.45) is 7.05 Å². The number of ether oxygens (including phenoxy) is 1. The molecule has 0 aliphatic carbocycles. The minimum absolute atomic E-state index is 0.559. The fraction of sp³-hybridized carbons (Fsp3) is 0.786. The predicted molar refractivity (Wildman–Crippen MR) is 79.0 cm³/mol. The number of hydrogen-bond acceptors (Lipinski definition) is 5. The van der Waals surface area contributed by atoms with Crippen molar-refractivity contribution in [3.8, 4) is 0 Å². The average molecular weight is 282 g/mol. The molecule has 1 fully saturated rings. The highest BCUT2D eigenvalue weighted by molar-refractivity contribution is 5.50. The largest absolute Gasteiger partial charge is 0.389 e. The zero-order valence-corrected chi connectivity index (χ0v) is 12.9. The molecule has 1 aliphatic rings. The second-order valence-electron chi connectivity index (χ2n) is 6.03. The second kappa shape index (κ2) is 6.11. The molecule has 1 aromatic rings. The summed E-state index contributed by atoms with van der Waals surface area (Å²) in [5.74, 6) is 1.16. The number of anilines is 1. The molecule has 1 aromatic heterocycles. The molecule has 0 bridgehead atoms. The maximum Gasteiger partial charge on any atom is 0.131 e. The molecule has 2 rings (SSSR count). The first-order chi connectivity index (χ1) is 9.38. The number of morpholine rings is 1. The van der Waals surface area contributed by atoms with Crippen molar-refractivity contribution in [3.05, 3.63) is 11.3 Å². The van der Waals surface area contributed by atoms with Gasteiger partial charge in [-0.05, 0) is 20.8 Å². The Kier molecular flexibility index (Phi) is 4.67. The van der Waals surface area contributed by atoms with Gasteiger partial charge in [0.2, 0.25) is 0 Å². The van der Waals surface area contributed by atoms with Crippen LogP contribution < -0.4 is 10.2 Å². The molecular weight excluding hydrogens is 256 g/mol. The quantitative estimate of drug-likeness (QED) is 0.820. The summed E-state index contributed by atoms with van der Waals surface area (Å²) in [5, 5.41) is 17.6. The van der Waals surface area contributed by atoms with Crippen LogP contribution in [0.25, 0.3) is 0 Å². The van der Waals surface area contributed by atoms with Gasteiger partial charge in [-0.25, -0.2) is 0 Å². The van der Waals surface area contributed by atoms with Crippen LogP contribution >= 0.6 is 0 Å². The number of aryl methyl sites for hydroxylation is 2. The normalized spacial score (nSPS) is 16.8. The molecule has 0 aromatic carbocycles. The summed E-state index contributed by atoms with van der Waals surface area (Å²) < 4.78 is 7.36. The molecule has 0 amide bonds. The number of nitrogens with one attached hydrogen (secondary N) is 1. The first kappa shape index (κ1) is 15.3. The van der Waals surface area contributed by atoms with Crippen LogP contribution in [0.15, 0.2) is 0 Å². The van der Waals surface area contributed by atoms with Gasteiger partial charge in [0, 0.05) is 38.8 Å². The van der Waals surface area contributed by atoms with Crippen LogP contribution in [0.5, 0.6) is 0 Å². The Morgan fingerprint density at radius 3 is 2.60 bits per heavy atom. The summed E-state index contributed by atoms with van der Waals surface area (Å²) in [6.45, 7) is 10.2. The second-order valence-corrected chi connectivity index (χ2v) is 6.03. The van der Waals surface area contributed by atoms with Crippen LogP contribution in [-0.4, -0.2) is 53.3 Å². The third-order valence-electron chi connectivity index (χ3n) is 3.48. The van der Waals surface area contributed by atoms with Gasteiger partial charge in [0.25, 0.3) is 0 Å². The van der Waals surface area contributed by atoms with E-state index < -0.39 is 5.60 Å². The van der Waals surface area contributed by atoms with Gasteiger partial charge in [-0.1, -0.05) is 0 Å². The molecule has 6 nitrogen and oxygen atoms in total. The van der Waals surface area contributed by atoms with Crippen molar-refractivity contribution in [2.45, 2.75) is 32.9 Å². The molecule has 2 N–H and O–H groups in total. The van der Waals surface area contributed by atoms with Gasteiger partial charge >= 0.3 is 0 Å². The van der Waals surface area contributed by atoms with Gasteiger partial charge in [0.1, 0.15) is 5.82 Å². The molecule has 6 heteroatoms. The molecular formula is C14H26N4O2. The maximum atomic E-state index is 9.78. The number of rotatable bonds is 5. The highest BCUT2D eigenvalue weighted by atomic mass is 16.5. The standard InChI is InChI=1S/C14H26N4O2/c1-11-12(9-15-10-14(2,3)19)13(17(4)16-11)18-5-7-20-8-6-18/h15,19H,5-10H2,1-4H3. The lowest BCUT2D eigenvalue weighted by molar-refractivity contribution is 0.0795. The van der Waals surface area contributed by atoms with Gasteiger partial charge in [0.15, 0.2) is 0 Å². The van der Waals surface area contributed by atoms with Crippen molar-refractivity contribution in [2.75, 3.05) is 37.7 Å². The summed E-state index contributed by atoms with van der Waals surface area (Å²) in [4.78, 5) is 2.32. The minimum Gasteiger partial charge on any atom is -0.389 e. The zero-order valence-electron chi connectivity index (χ0n) is 12.9. The van der Waals surface area contributed by atoms with E-state index in [1.807, 2.05) is 18.7 Å². The van der Waals surface area contributed by atoms with E-state index in [1.165, 1.54) is 5.56 Å². The molecule has 0 spiro atoms. The van der Waals surface area contributed by atoms with Crippen LogP contribution in [0.1, 0.15) is 25.1 Å². The smallest absolute Gasteiger partial charge is 0.131 e. The molecule has 0 unspecified atom stereocenters. The summed E-state index contributed by atoms with van der Waals surface area (Å²) >= 11 is 0. The molecule has 0 saturated carbocycles. The summed E-state index contributed by atoms with van der Waals surface area (Å²) in [5.41, 5.74) is 1.55. The Morgan fingerprint density at radius 2 is 2.00 bits per heavy atom. The van der Waals surface area contributed by atoms with E-state index in [-0.39, 0.29) is 0 Å². The highest BCUT2D eigenvalue weighted by Gasteiger charge is 2.21. The molecule has 20 heavy (non-hydrogen) atoms. The van der Waals surface area contributed by atoms with Crippen LogP contribution in [0.3, 0.4) is 0 Å². The fourth-order valence-electron chi connectivity index (χ4n) is 2.56. The van der Waals surface area contributed by atoms with Gasteiger partial charge in [-0.3, -0.25) is 4.68 Å². The Hall–Kier alpha value is -1.11. The third kappa shape index (κ3) is 3.71. The number of aliphatic hydroxyl groups is 1. The van der Waals surface area contributed by atoms with Crippen molar-refractivity contribution >= 4 is 5.82 Å². The Bertz CT molecular complexity index is 445. The van der Waals surface area contributed by atoms with Gasteiger partial charge in [-0.15, -0.1) is 0 Å². The average Bonchev–Trinajstić information content (AvgIpc) is 2.64. The SMILES string of the molecule is Cc1nn(C)c(N2CCOCC2)c1CNCC(C)(C)O. The molecule has 1 aliphatic heterocycles. The Labute approximate surface area is 120 Å². The van der Waals surface area contributed by atoms with Crippen LogP contribution in [-0.2, 0) is 18.3 Å². The number of hydrogen-bond donors (Lipinski definition) is 2. The van der Waals surface area contributed by atoms with E-state index in [4.69, 9.17) is 4.74 Å². The summed E-state index contributed by atoms with van der Waals surface area (Å²) in [7, 11) is 1.98. The first-order valence-electron chi connectivity index (χ1n) is 7.17. The summed E-state index contributed by atoms with van der Waals surface area (Å²) in [6.07, 6.45) is 0. The third-order valence-corrected chi connectivity index (χ3v) is 3.48. The van der Waals surface area contributed by atoms with Crippen LogP contribution in [0.2, 0.25) is 0 Å². The lowest BCUT2D eigenvalue weighted by Gasteiger charge is -2.29. The lowest BCUT2D eigenvalue weighted by atomic mass is 10.1. The topological polar surface area (TPSA) is 62.5 Å². The first-order valence-corrected chi connectivity index (χ1v) is 7.17. The maximum absolute atomic E-state index is 9.78. The fourth-order valence-corrected chi connectivity index (χ4v) is 2.56. The van der Waals surface area contributed by atoms with E-state index >= 15 is 0 Å². The minimum atomic E-state index is -0.699. The zero-order chi connectivity index (χ0) is 14.8. The lowest BCUT2D eigenvalue weighted by Crippen LogP contribution is -2.39. The van der Waals surface area contributed by atoms with Gasteiger partial charge in [0.05, 0.1) is 24.5 Å². The van der Waals surface area contributed by atoms with Crippen molar-refractivity contribution in [1.82, 2.24) is 15.1 Å². The number of aromatic nitrogens is 2. The summed E-state index contributed by atoms with van der Waals surface area (Å²) in [6, 6.07) is 0. The monoisotopic (exact) mass is 282 g/mol. The molecule has 0 radical (unpaired) electrons. The molecule has 0 atom stereocenters. The van der Waals surface area contributed by atoms with Crippen LogP contribution in [0, 0.1) is 6.92 Å². The highest BCUT2D eigenvalue weighted by Crippen LogP contribution is 2.24. The van der Waals surface area contributed by atoms with E-state index in [0.717, 1.165) is 44.4 Å². The molecule has 1 saturated heterocycles. The van der Waals surface area contributed by atoms with Crippen molar-refractivity contribution < 1.29 is 9.84 Å². The van der Waals surface area contributed by atoms with E-state index in [0.29, 0.717) is 6.54 Å². The van der Waals surface area contributed by atoms with Crippen molar-refractivity contribution in [3.63, 3.8) is 0 Å². The van der Waals surface area contributed by atoms with Gasteiger partial charge < -0.3 is 20.1 Å². The van der Waals surface area contributed by atoms with E-state index in [9.17, 15) is 5.11 Å². The Morgan fingerprint density at radius 1 is 1.35 bits per heavy atom.